The van der Waals surface area contributed by atoms with Gasteiger partial charge < -0.3 is 15.5 Å². The molecular formula is C59H109NO3. The van der Waals surface area contributed by atoms with Crippen LogP contribution in [0.4, 0.5) is 0 Å². The van der Waals surface area contributed by atoms with E-state index >= 15 is 0 Å². The Hall–Kier alpha value is -1.91. The van der Waals surface area contributed by atoms with Crippen LogP contribution in [0.3, 0.4) is 0 Å². The summed E-state index contributed by atoms with van der Waals surface area (Å²) >= 11 is 0. The predicted octanol–water partition coefficient (Wildman–Crippen LogP) is 18.4. The molecule has 0 aromatic rings. The van der Waals surface area contributed by atoms with Gasteiger partial charge in [0.15, 0.2) is 0 Å². The lowest BCUT2D eigenvalue weighted by molar-refractivity contribution is -0.123. The first kappa shape index (κ1) is 61.1. The van der Waals surface area contributed by atoms with Gasteiger partial charge in [0.05, 0.1) is 18.8 Å². The van der Waals surface area contributed by atoms with E-state index in [4.69, 9.17) is 0 Å². The molecule has 0 saturated heterocycles. The second-order valence-electron chi connectivity index (χ2n) is 19.0. The molecule has 368 valence electrons. The van der Waals surface area contributed by atoms with E-state index < -0.39 is 12.1 Å². The first-order chi connectivity index (χ1) is 31.2. The molecule has 2 atom stereocenters. The molecule has 0 bridgehead atoms. The van der Waals surface area contributed by atoms with Crippen LogP contribution in [0.1, 0.15) is 290 Å². The molecule has 0 fully saturated rings. The molecule has 4 heteroatoms. The minimum atomic E-state index is -0.837. The number of hydrogen-bond donors (Lipinski definition) is 3. The van der Waals surface area contributed by atoms with E-state index in [2.05, 4.69) is 67.8 Å². The van der Waals surface area contributed by atoms with Crippen LogP contribution in [0.5, 0.6) is 0 Å². The molecule has 0 rings (SSSR count). The third kappa shape index (κ3) is 50.9. The normalized spacial score (nSPS) is 13.3. The minimum Gasteiger partial charge on any atom is -0.394 e. The summed E-state index contributed by atoms with van der Waals surface area (Å²) in [5.74, 6) is -0.0605. The quantitative estimate of drug-likeness (QED) is 0.0421. The number of allylic oxidation sites excluding steroid dienone is 9. The summed E-state index contributed by atoms with van der Waals surface area (Å²) in [5.41, 5.74) is 0. The second-order valence-corrected chi connectivity index (χ2v) is 19.0. The molecule has 4 nitrogen and oxygen atoms in total. The third-order valence-corrected chi connectivity index (χ3v) is 12.8. The molecule has 0 radical (unpaired) electrons. The van der Waals surface area contributed by atoms with Crippen molar-refractivity contribution >= 4 is 5.91 Å². The van der Waals surface area contributed by atoms with Gasteiger partial charge in [0.25, 0.3) is 0 Å². The second kappa shape index (κ2) is 54.4. The Morgan fingerprint density at radius 3 is 1.05 bits per heavy atom. The van der Waals surface area contributed by atoms with Gasteiger partial charge in [0.1, 0.15) is 0 Å². The lowest BCUT2D eigenvalue weighted by Crippen LogP contribution is -2.45. The van der Waals surface area contributed by atoms with Crippen molar-refractivity contribution in [2.24, 2.45) is 0 Å². The highest BCUT2D eigenvalue weighted by Gasteiger charge is 2.18. The van der Waals surface area contributed by atoms with Crippen LogP contribution in [-0.2, 0) is 4.79 Å². The maximum absolute atomic E-state index is 12.4. The highest BCUT2D eigenvalue weighted by atomic mass is 16.3. The average molecular weight is 881 g/mol. The zero-order valence-electron chi connectivity index (χ0n) is 42.3. The number of aliphatic hydroxyl groups excluding tert-OH is 2. The number of hydrogen-bond acceptors (Lipinski definition) is 3. The molecular weight excluding hydrogens is 771 g/mol. The average Bonchev–Trinajstić information content (AvgIpc) is 3.29. The SMILES string of the molecule is CC/C=C\C/C=C\C/C=C\C/C=C\CCCCCCCCCCCCCCCCCCCCCCCCCCC(=O)NC(CO)C(O)/C=C/CCCCCCCCCCCCCC. The lowest BCUT2D eigenvalue weighted by atomic mass is 10.0. The van der Waals surface area contributed by atoms with Gasteiger partial charge in [-0.05, 0) is 57.8 Å². The van der Waals surface area contributed by atoms with Crippen molar-refractivity contribution in [3.8, 4) is 0 Å². The molecule has 3 N–H and O–H groups in total. The van der Waals surface area contributed by atoms with Crippen molar-refractivity contribution in [2.45, 2.75) is 302 Å². The molecule has 0 aliphatic rings. The van der Waals surface area contributed by atoms with Gasteiger partial charge in [-0.2, -0.15) is 0 Å². The summed E-state index contributed by atoms with van der Waals surface area (Å²) in [7, 11) is 0. The maximum atomic E-state index is 12.4. The molecule has 0 heterocycles. The highest BCUT2D eigenvalue weighted by Crippen LogP contribution is 2.17. The first-order valence-electron chi connectivity index (χ1n) is 28.0. The molecule has 2 unspecified atom stereocenters. The molecule has 0 saturated carbocycles. The molecule has 63 heavy (non-hydrogen) atoms. The van der Waals surface area contributed by atoms with E-state index in [-0.39, 0.29) is 12.5 Å². The summed E-state index contributed by atoms with van der Waals surface area (Å²) in [4.78, 5) is 12.4. The minimum absolute atomic E-state index is 0.0605. The van der Waals surface area contributed by atoms with E-state index in [0.29, 0.717) is 6.42 Å². The zero-order chi connectivity index (χ0) is 45.6. The van der Waals surface area contributed by atoms with Crippen LogP contribution in [0.15, 0.2) is 60.8 Å². The number of rotatable bonds is 51. The number of nitrogens with one attached hydrogen (secondary N) is 1. The Kier molecular flexibility index (Phi) is 52.8. The van der Waals surface area contributed by atoms with Crippen LogP contribution in [0.25, 0.3) is 0 Å². The summed E-state index contributed by atoms with van der Waals surface area (Å²) in [5, 5.41) is 23.1. The first-order valence-corrected chi connectivity index (χ1v) is 28.0. The summed E-state index contributed by atoms with van der Waals surface area (Å²) in [6.07, 6.45) is 76.8. The number of amides is 1. The predicted molar refractivity (Wildman–Crippen MR) is 281 cm³/mol. The van der Waals surface area contributed by atoms with Crippen LogP contribution in [-0.4, -0.2) is 34.9 Å². The third-order valence-electron chi connectivity index (χ3n) is 12.8. The topological polar surface area (TPSA) is 69.6 Å². The number of unbranched alkanes of at least 4 members (excludes halogenated alkanes) is 36. The molecule has 1 amide bonds. The highest BCUT2D eigenvalue weighted by molar-refractivity contribution is 5.76. The molecule has 0 aromatic carbocycles. The fourth-order valence-electron chi connectivity index (χ4n) is 8.53. The standard InChI is InChI=1S/C59H109NO3/c1-3-5-7-9-11-13-15-17-19-20-21-22-23-24-25-26-27-28-29-30-31-32-33-34-35-36-37-38-39-40-41-43-45-47-49-51-53-55-59(63)60-57(56-61)58(62)54-52-50-48-46-44-42-18-16-14-12-10-8-6-4-2/h5,7,11,13,17,19,21-22,52,54,57-58,61-62H,3-4,6,8-10,12,14-16,18,20,23-51,53,55-56H2,1-2H3,(H,60,63)/b7-5-,13-11-,19-17-,22-21-,54-52+. The Morgan fingerprint density at radius 2 is 0.698 bits per heavy atom. The Balaban J connectivity index is 3.41. The van der Waals surface area contributed by atoms with Crippen LogP contribution < -0.4 is 5.32 Å². The van der Waals surface area contributed by atoms with Crippen LogP contribution in [0.2, 0.25) is 0 Å². The fourth-order valence-corrected chi connectivity index (χ4v) is 8.53. The summed E-state index contributed by atoms with van der Waals surface area (Å²) < 4.78 is 0. The fraction of sp³-hybridized carbons (Fsp3) is 0.814. The van der Waals surface area contributed by atoms with Crippen molar-refractivity contribution in [3.05, 3.63) is 60.8 Å². The molecule has 0 aliphatic heterocycles. The van der Waals surface area contributed by atoms with Crippen molar-refractivity contribution in [2.75, 3.05) is 6.61 Å². The van der Waals surface area contributed by atoms with Gasteiger partial charge in [0.2, 0.25) is 5.91 Å². The van der Waals surface area contributed by atoms with Gasteiger partial charge in [-0.25, -0.2) is 0 Å². The summed E-state index contributed by atoms with van der Waals surface area (Å²) in [6.45, 7) is 4.21. The van der Waals surface area contributed by atoms with Gasteiger partial charge in [-0.1, -0.05) is 286 Å². The summed E-state index contributed by atoms with van der Waals surface area (Å²) in [6, 6.07) is -0.620. The molecule has 0 spiro atoms. The van der Waals surface area contributed by atoms with E-state index in [1.807, 2.05) is 6.08 Å². The Labute approximate surface area is 394 Å². The Morgan fingerprint density at radius 1 is 0.397 bits per heavy atom. The van der Waals surface area contributed by atoms with Crippen molar-refractivity contribution in [1.82, 2.24) is 5.32 Å². The largest absolute Gasteiger partial charge is 0.394 e. The van der Waals surface area contributed by atoms with Crippen LogP contribution in [0, 0.1) is 0 Å². The van der Waals surface area contributed by atoms with E-state index in [1.54, 1.807) is 6.08 Å². The van der Waals surface area contributed by atoms with Crippen molar-refractivity contribution in [1.29, 1.82) is 0 Å². The molecule has 0 aliphatic carbocycles. The van der Waals surface area contributed by atoms with Gasteiger partial charge in [-0.3, -0.25) is 4.79 Å². The zero-order valence-corrected chi connectivity index (χ0v) is 42.3. The van der Waals surface area contributed by atoms with E-state index in [1.165, 1.54) is 218 Å². The number of carbonyl (C=O) groups excluding carboxylic acids is 1. The number of carbonyl (C=O) groups is 1. The van der Waals surface area contributed by atoms with Crippen molar-refractivity contribution < 1.29 is 15.0 Å². The van der Waals surface area contributed by atoms with E-state index in [9.17, 15) is 15.0 Å². The number of aliphatic hydroxyl groups is 2. The molecule has 0 aromatic heterocycles. The lowest BCUT2D eigenvalue weighted by Gasteiger charge is -2.20. The maximum Gasteiger partial charge on any atom is 0.220 e. The Bertz CT molecular complexity index is 1040. The smallest absolute Gasteiger partial charge is 0.220 e. The van der Waals surface area contributed by atoms with Gasteiger partial charge >= 0.3 is 0 Å². The van der Waals surface area contributed by atoms with E-state index in [0.717, 1.165) is 51.4 Å². The van der Waals surface area contributed by atoms with Crippen molar-refractivity contribution in [3.63, 3.8) is 0 Å². The van der Waals surface area contributed by atoms with Gasteiger partial charge in [0, 0.05) is 6.42 Å². The van der Waals surface area contributed by atoms with Gasteiger partial charge in [-0.15, -0.1) is 0 Å². The van der Waals surface area contributed by atoms with Crippen LogP contribution >= 0.6 is 0 Å². The monoisotopic (exact) mass is 880 g/mol.